The minimum atomic E-state index is -0.393. The number of amidine groups is 1. The number of hydrogen-bond acceptors (Lipinski definition) is 4. The summed E-state index contributed by atoms with van der Waals surface area (Å²) in [7, 11) is -0.393. The second kappa shape index (κ2) is 6.52. The van der Waals surface area contributed by atoms with Crippen molar-refractivity contribution in [1.82, 2.24) is 0 Å². The zero-order valence-corrected chi connectivity index (χ0v) is 15.0. The van der Waals surface area contributed by atoms with Crippen LogP contribution in [-0.2, 0) is 4.76 Å². The topological polar surface area (TPSA) is 38.0 Å². The van der Waals surface area contributed by atoms with Gasteiger partial charge in [0.25, 0.3) is 0 Å². The van der Waals surface area contributed by atoms with Gasteiger partial charge in [-0.25, -0.2) is 0 Å². The van der Waals surface area contributed by atoms with E-state index in [0.29, 0.717) is 16.8 Å². The van der Waals surface area contributed by atoms with E-state index in [0.717, 1.165) is 21.9 Å². The molecular weight excluding hydrogens is 359 g/mol. The lowest BCUT2D eigenvalue weighted by atomic mass is 9.71. The molecule has 0 aliphatic carbocycles. The third-order valence-electron chi connectivity index (χ3n) is 4.61. The van der Waals surface area contributed by atoms with Crippen molar-refractivity contribution in [3.63, 3.8) is 0 Å². The molecule has 0 fully saturated rings. The van der Waals surface area contributed by atoms with Crippen molar-refractivity contribution in [1.29, 1.82) is 0 Å². The minimum absolute atomic E-state index is 0.314. The maximum absolute atomic E-state index is 6.00. The van der Waals surface area contributed by atoms with E-state index in [2.05, 4.69) is 29.4 Å². The van der Waals surface area contributed by atoms with Gasteiger partial charge in [0.15, 0.2) is 11.0 Å². The van der Waals surface area contributed by atoms with E-state index < -0.39 is 7.05 Å². The SMILES string of the molecule is Clc1ccc(C2=NOB(c3ccccc3)N2c2cccc3ccccc23)o1. The average Bonchev–Trinajstić information content (AvgIpc) is 3.34. The Morgan fingerprint density at radius 2 is 1.59 bits per heavy atom. The van der Waals surface area contributed by atoms with Gasteiger partial charge in [-0.1, -0.05) is 71.9 Å². The van der Waals surface area contributed by atoms with Crippen LogP contribution in [0.15, 0.2) is 94.5 Å². The molecule has 0 N–H and O–H groups in total. The van der Waals surface area contributed by atoms with Gasteiger partial charge >= 0.3 is 7.05 Å². The van der Waals surface area contributed by atoms with Crippen LogP contribution in [0.4, 0.5) is 5.69 Å². The molecule has 1 aromatic heterocycles. The normalized spacial score (nSPS) is 13.7. The number of halogens is 1. The average molecular weight is 373 g/mol. The Balaban J connectivity index is 1.70. The molecule has 3 aromatic carbocycles. The highest BCUT2D eigenvalue weighted by Gasteiger charge is 2.41. The molecule has 0 atom stereocenters. The highest BCUT2D eigenvalue weighted by molar-refractivity contribution is 6.77. The van der Waals surface area contributed by atoms with E-state index >= 15 is 0 Å². The summed E-state index contributed by atoms with van der Waals surface area (Å²) in [6, 6.07) is 27.9. The van der Waals surface area contributed by atoms with Crippen LogP contribution >= 0.6 is 11.6 Å². The number of nitrogens with zero attached hydrogens (tertiary/aromatic N) is 2. The molecule has 1 aliphatic heterocycles. The summed E-state index contributed by atoms with van der Waals surface area (Å²) in [6.07, 6.45) is 0. The fraction of sp³-hybridized carbons (Fsp3) is 0. The highest BCUT2D eigenvalue weighted by Crippen LogP contribution is 2.32. The maximum Gasteiger partial charge on any atom is 0.550 e. The van der Waals surface area contributed by atoms with Gasteiger partial charge in [0, 0.05) is 11.1 Å². The Labute approximate surface area is 161 Å². The molecule has 0 spiro atoms. The summed E-state index contributed by atoms with van der Waals surface area (Å²) in [5, 5.41) is 6.90. The summed E-state index contributed by atoms with van der Waals surface area (Å²) >= 11 is 6.00. The first kappa shape index (κ1) is 16.0. The minimum Gasteiger partial charge on any atom is -0.441 e. The van der Waals surface area contributed by atoms with E-state index in [-0.39, 0.29) is 0 Å². The monoisotopic (exact) mass is 372 g/mol. The van der Waals surface area contributed by atoms with Crippen molar-refractivity contribution < 1.29 is 9.17 Å². The van der Waals surface area contributed by atoms with Crippen molar-refractivity contribution in [3.8, 4) is 0 Å². The van der Waals surface area contributed by atoms with Crippen molar-refractivity contribution in [2.45, 2.75) is 0 Å². The lowest BCUT2D eigenvalue weighted by Crippen LogP contribution is -2.49. The smallest absolute Gasteiger partial charge is 0.441 e. The molecule has 4 nitrogen and oxygen atoms in total. The molecule has 130 valence electrons. The largest absolute Gasteiger partial charge is 0.550 e. The van der Waals surface area contributed by atoms with Crippen LogP contribution in [0.5, 0.6) is 0 Å². The quantitative estimate of drug-likeness (QED) is 0.490. The summed E-state index contributed by atoms with van der Waals surface area (Å²) in [5.74, 6) is 1.15. The van der Waals surface area contributed by atoms with E-state index in [1.54, 1.807) is 12.1 Å². The molecule has 0 saturated carbocycles. The first-order valence-electron chi connectivity index (χ1n) is 8.63. The molecule has 0 bridgehead atoms. The number of furan rings is 1. The molecule has 0 amide bonds. The van der Waals surface area contributed by atoms with Crippen molar-refractivity contribution in [3.05, 3.63) is 95.9 Å². The third-order valence-corrected chi connectivity index (χ3v) is 4.81. The number of hydrogen-bond donors (Lipinski definition) is 0. The van der Waals surface area contributed by atoms with Gasteiger partial charge < -0.3 is 14.0 Å². The van der Waals surface area contributed by atoms with E-state index in [9.17, 15) is 0 Å². The van der Waals surface area contributed by atoms with Crippen LogP contribution in [0.1, 0.15) is 5.76 Å². The number of fused-ring (bicyclic) bond motifs is 1. The predicted octanol–water partition coefficient (Wildman–Crippen LogP) is 4.68. The molecule has 2 heterocycles. The number of oxime groups is 1. The summed E-state index contributed by atoms with van der Waals surface area (Å²) in [6.45, 7) is 0. The van der Waals surface area contributed by atoms with Gasteiger partial charge in [0.05, 0.1) is 0 Å². The van der Waals surface area contributed by atoms with Crippen molar-refractivity contribution in [2.75, 3.05) is 4.81 Å². The zero-order chi connectivity index (χ0) is 18.2. The standard InChI is InChI=1S/C21H14BClN2O2/c23-20-14-13-19(26-20)21-24-27-22(16-9-2-1-3-10-16)25(21)18-12-6-8-15-7-4-5-11-17(15)18/h1-14H. The summed E-state index contributed by atoms with van der Waals surface area (Å²) in [4.78, 5) is 2.05. The Hall–Kier alpha value is -3.18. The third kappa shape index (κ3) is 2.77. The van der Waals surface area contributed by atoms with Crippen LogP contribution in [0.2, 0.25) is 5.22 Å². The van der Waals surface area contributed by atoms with Crippen molar-refractivity contribution >= 4 is 46.4 Å². The lowest BCUT2D eigenvalue weighted by Gasteiger charge is -2.23. The Bertz CT molecular complexity index is 1140. The predicted molar refractivity (Wildman–Crippen MR) is 110 cm³/mol. The first-order valence-corrected chi connectivity index (χ1v) is 9.00. The molecule has 0 unspecified atom stereocenters. The van der Waals surface area contributed by atoms with Crippen LogP contribution in [-0.4, -0.2) is 12.9 Å². The maximum atomic E-state index is 6.00. The van der Waals surface area contributed by atoms with Crippen molar-refractivity contribution in [2.24, 2.45) is 5.16 Å². The fourth-order valence-electron chi connectivity index (χ4n) is 3.39. The van der Waals surface area contributed by atoms with Crippen LogP contribution < -0.4 is 10.3 Å². The number of rotatable bonds is 3. The van der Waals surface area contributed by atoms with Gasteiger partial charge in [-0.05, 0) is 40.6 Å². The Morgan fingerprint density at radius 3 is 2.41 bits per heavy atom. The zero-order valence-electron chi connectivity index (χ0n) is 14.2. The highest BCUT2D eigenvalue weighted by atomic mass is 35.5. The molecular formula is C21H14BClN2O2. The van der Waals surface area contributed by atoms with Gasteiger partial charge in [0.2, 0.25) is 5.84 Å². The molecule has 27 heavy (non-hydrogen) atoms. The lowest BCUT2D eigenvalue weighted by molar-refractivity contribution is 0.366. The molecule has 0 saturated heterocycles. The van der Waals surface area contributed by atoms with E-state index in [4.69, 9.17) is 20.8 Å². The van der Waals surface area contributed by atoms with Gasteiger partial charge in [-0.3, -0.25) is 0 Å². The molecule has 6 heteroatoms. The number of benzene rings is 3. The van der Waals surface area contributed by atoms with Gasteiger partial charge in [0.1, 0.15) is 0 Å². The summed E-state index contributed by atoms with van der Waals surface area (Å²) < 4.78 is 11.5. The second-order valence-electron chi connectivity index (χ2n) is 6.26. The Morgan fingerprint density at radius 1 is 0.815 bits per heavy atom. The van der Waals surface area contributed by atoms with Crippen LogP contribution in [0.25, 0.3) is 10.8 Å². The molecule has 0 radical (unpaired) electrons. The fourth-order valence-corrected chi connectivity index (χ4v) is 3.53. The van der Waals surface area contributed by atoms with E-state index in [1.165, 1.54) is 0 Å². The van der Waals surface area contributed by atoms with Crippen LogP contribution in [0, 0.1) is 0 Å². The van der Waals surface area contributed by atoms with Gasteiger partial charge in [-0.2, -0.15) is 0 Å². The second-order valence-corrected chi connectivity index (χ2v) is 6.63. The van der Waals surface area contributed by atoms with E-state index in [1.807, 2.05) is 53.3 Å². The first-order chi connectivity index (χ1) is 13.3. The molecule has 5 rings (SSSR count). The van der Waals surface area contributed by atoms with Crippen LogP contribution in [0.3, 0.4) is 0 Å². The molecule has 1 aliphatic rings. The summed E-state index contributed by atoms with van der Waals surface area (Å²) in [5.41, 5.74) is 1.99. The molecule has 4 aromatic rings. The number of anilines is 1. The van der Waals surface area contributed by atoms with Gasteiger partial charge in [-0.15, -0.1) is 0 Å². The Kier molecular flexibility index (Phi) is 3.87.